The maximum atomic E-state index is 13.0. The Balaban J connectivity index is 1.57. The highest BCUT2D eigenvalue weighted by Gasteiger charge is 2.45. The van der Waals surface area contributed by atoms with Crippen LogP contribution in [-0.4, -0.2) is 16.4 Å². The van der Waals surface area contributed by atoms with Gasteiger partial charge in [0.25, 0.3) is 11.6 Å². The molecule has 0 radical (unpaired) electrons. The summed E-state index contributed by atoms with van der Waals surface area (Å²) in [6.45, 7) is 6.51. The molecule has 2 aromatic carbocycles. The third kappa shape index (κ3) is 4.34. The molecule has 1 fully saturated rings. The smallest absolute Gasteiger partial charge is 0.270 e. The molecule has 0 aromatic heterocycles. The monoisotopic (exact) mass is 443 g/mol. The van der Waals surface area contributed by atoms with Gasteiger partial charge in [-0.3, -0.25) is 0 Å². The molecule has 0 N–H and O–H groups in total. The Labute approximate surface area is 188 Å². The summed E-state index contributed by atoms with van der Waals surface area (Å²) in [6.07, 6.45) is 4.73. The molecule has 5 heteroatoms. The van der Waals surface area contributed by atoms with Gasteiger partial charge in [0.2, 0.25) is 0 Å². The Bertz CT molecular complexity index is 908. The summed E-state index contributed by atoms with van der Waals surface area (Å²) < 4.78 is 23.7. The summed E-state index contributed by atoms with van der Waals surface area (Å²) in [6, 6.07) is 16.5. The highest BCUT2D eigenvalue weighted by Crippen LogP contribution is 2.47. The van der Waals surface area contributed by atoms with Gasteiger partial charge < -0.3 is 4.55 Å². The van der Waals surface area contributed by atoms with Crippen LogP contribution in [0.4, 0.5) is 0 Å². The minimum atomic E-state index is -1.70. The number of rotatable bonds is 7. The van der Waals surface area contributed by atoms with Crippen LogP contribution in [0.2, 0.25) is 5.02 Å². The summed E-state index contributed by atoms with van der Waals surface area (Å²) in [5.41, 5.74) is 4.67. The van der Waals surface area contributed by atoms with Crippen molar-refractivity contribution in [2.45, 2.75) is 70.3 Å². The molecule has 2 unspecified atom stereocenters. The van der Waals surface area contributed by atoms with Crippen LogP contribution in [0.5, 0.6) is 0 Å². The average molecular weight is 444 g/mol. The zero-order chi connectivity index (χ0) is 21.3. The molecule has 1 saturated carbocycles. The first-order chi connectivity index (χ1) is 14.4. The molecule has 4 rings (SSSR count). The molecule has 0 amide bonds. The Morgan fingerprint density at radius 3 is 2.50 bits per heavy atom. The van der Waals surface area contributed by atoms with Crippen molar-refractivity contribution in [3.8, 4) is 0 Å². The van der Waals surface area contributed by atoms with Crippen molar-refractivity contribution in [2.75, 3.05) is 0 Å². The van der Waals surface area contributed by atoms with E-state index in [1.807, 2.05) is 12.1 Å². The first-order valence-electron chi connectivity index (χ1n) is 10.9. The van der Waals surface area contributed by atoms with Crippen LogP contribution in [0.3, 0.4) is 0 Å². The van der Waals surface area contributed by atoms with Gasteiger partial charge in [0.05, 0.1) is 5.71 Å². The van der Waals surface area contributed by atoms with Gasteiger partial charge >= 0.3 is 0 Å². The van der Waals surface area contributed by atoms with Crippen molar-refractivity contribution in [3.63, 3.8) is 0 Å². The van der Waals surface area contributed by atoms with Crippen LogP contribution < -0.4 is 0 Å². The number of fused-ring (bicyclic) bond motifs is 1. The van der Waals surface area contributed by atoms with Crippen molar-refractivity contribution in [2.24, 2.45) is 10.3 Å². The van der Waals surface area contributed by atoms with E-state index in [9.17, 15) is 4.55 Å². The molecule has 3 atom stereocenters. The lowest BCUT2D eigenvalue weighted by molar-refractivity contribution is 0.197. The predicted octanol–water partition coefficient (Wildman–Crippen LogP) is 6.57. The van der Waals surface area contributed by atoms with Crippen LogP contribution >= 0.6 is 11.6 Å². The van der Waals surface area contributed by atoms with Gasteiger partial charge in [-0.05, 0) is 58.4 Å². The molecule has 0 spiro atoms. The normalized spacial score (nSPS) is 23.9. The molecule has 3 nitrogen and oxygen atoms in total. The molecule has 0 aliphatic heterocycles. The second-order valence-corrected chi connectivity index (χ2v) is 10.4. The maximum absolute atomic E-state index is 13.0. The Kier molecular flexibility index (Phi) is 6.59. The van der Waals surface area contributed by atoms with Crippen LogP contribution in [-0.2, 0) is 27.7 Å². The lowest BCUT2D eigenvalue weighted by Crippen LogP contribution is -2.43. The Morgan fingerprint density at radius 1 is 1.20 bits per heavy atom. The fourth-order valence-corrected chi connectivity index (χ4v) is 5.89. The first kappa shape index (κ1) is 21.9. The van der Waals surface area contributed by atoms with Gasteiger partial charge in [0.15, 0.2) is 0 Å². The third-order valence-corrected chi connectivity index (χ3v) is 7.71. The van der Waals surface area contributed by atoms with E-state index >= 15 is 0 Å². The molecule has 2 aliphatic rings. The molecule has 0 bridgehead atoms. The fourth-order valence-electron chi connectivity index (χ4n) is 4.84. The van der Waals surface area contributed by atoms with Gasteiger partial charge in [-0.25, -0.2) is 0 Å². The van der Waals surface area contributed by atoms with Gasteiger partial charge in [-0.15, -0.1) is 4.18 Å². The zero-order valence-electron chi connectivity index (χ0n) is 17.9. The van der Waals surface area contributed by atoms with Crippen molar-refractivity contribution in [1.82, 2.24) is 0 Å². The second kappa shape index (κ2) is 9.04. The molecular weight excluding hydrogens is 414 g/mol. The largest absolute Gasteiger partial charge is 0.559 e. The molecule has 2 aromatic rings. The lowest BCUT2D eigenvalue weighted by atomic mass is 9.60. The molecular formula is C25H30ClNO2S. The zero-order valence-corrected chi connectivity index (χ0v) is 19.5. The molecule has 30 heavy (non-hydrogen) atoms. The van der Waals surface area contributed by atoms with Crippen LogP contribution in [0.15, 0.2) is 52.9 Å². The number of nitrogens with zero attached hydrogens (tertiary/aromatic N) is 1. The molecule has 0 saturated heterocycles. The van der Waals surface area contributed by atoms with Gasteiger partial charge in [-0.1, -0.05) is 75.2 Å². The van der Waals surface area contributed by atoms with E-state index in [0.717, 1.165) is 42.8 Å². The maximum Gasteiger partial charge on any atom is 0.270 e. The van der Waals surface area contributed by atoms with Crippen molar-refractivity contribution >= 4 is 29.0 Å². The fraction of sp³-hybridized carbons (Fsp3) is 0.480. The highest BCUT2D eigenvalue weighted by molar-refractivity contribution is 7.85. The van der Waals surface area contributed by atoms with Gasteiger partial charge in [0, 0.05) is 22.8 Å². The topological polar surface area (TPSA) is 44.7 Å². The van der Waals surface area contributed by atoms with E-state index in [2.05, 4.69) is 57.2 Å². The average Bonchev–Trinajstić information content (AvgIpc) is 2.97. The number of halogens is 1. The molecule has 160 valence electrons. The van der Waals surface area contributed by atoms with Crippen LogP contribution in [0.25, 0.3) is 0 Å². The minimum Gasteiger partial charge on any atom is -0.559 e. The van der Waals surface area contributed by atoms with E-state index in [0.29, 0.717) is 5.92 Å². The minimum absolute atomic E-state index is 0.0971. The summed E-state index contributed by atoms with van der Waals surface area (Å²) in [5.74, 6) is 0.656. The van der Waals surface area contributed by atoms with E-state index in [1.54, 1.807) is 0 Å². The highest BCUT2D eigenvalue weighted by atomic mass is 35.5. The molecule has 0 heterocycles. The molecule has 2 aliphatic carbocycles. The van der Waals surface area contributed by atoms with E-state index in [-0.39, 0.29) is 17.4 Å². The van der Waals surface area contributed by atoms with Crippen molar-refractivity contribution < 1.29 is 8.74 Å². The predicted molar refractivity (Wildman–Crippen MR) is 125 cm³/mol. The second-order valence-electron chi connectivity index (χ2n) is 9.12. The Morgan fingerprint density at radius 2 is 1.90 bits per heavy atom. The Hall–Kier alpha value is -1.33. The number of hydrogen-bond acceptors (Lipinski definition) is 3. The van der Waals surface area contributed by atoms with E-state index in [1.165, 1.54) is 16.7 Å². The summed E-state index contributed by atoms with van der Waals surface area (Å²) >= 11 is 4.42. The summed E-state index contributed by atoms with van der Waals surface area (Å²) in [7, 11) is 0. The lowest BCUT2D eigenvalue weighted by Gasteiger charge is -2.43. The standard InChI is InChI=1S/C25H30ClNO2S/c1-17(2)15-24(25(13-6-14-25)20-9-11-21(26)12-10-20)27-30(28)29-23-16-19-7-4-5-8-22(19)18(23)3/h4-5,7-12,17-18,23H,6,13-16H2,1-3H3/t18-,23?,30?/m1/s1. The SMILES string of the molecule is CC(C)CC(=N[S+]([O-])OC1Cc2ccccc2[C@H]1C)C1(c2ccc(Cl)cc2)CCC1. The van der Waals surface area contributed by atoms with Gasteiger partial charge in [0.1, 0.15) is 6.10 Å². The number of benzene rings is 2. The third-order valence-electron chi connectivity index (χ3n) is 6.67. The van der Waals surface area contributed by atoms with Crippen molar-refractivity contribution in [3.05, 3.63) is 70.2 Å². The summed E-state index contributed by atoms with van der Waals surface area (Å²) in [4.78, 5) is 0. The van der Waals surface area contributed by atoms with E-state index in [4.69, 9.17) is 20.2 Å². The van der Waals surface area contributed by atoms with Crippen molar-refractivity contribution in [1.29, 1.82) is 0 Å². The first-order valence-corrected chi connectivity index (χ1v) is 12.3. The van der Waals surface area contributed by atoms with Gasteiger partial charge in [-0.2, -0.15) is 0 Å². The van der Waals surface area contributed by atoms with Crippen LogP contribution in [0, 0.1) is 5.92 Å². The summed E-state index contributed by atoms with van der Waals surface area (Å²) in [5, 5.41) is 0.734. The number of hydrogen-bond donors (Lipinski definition) is 0. The quantitative estimate of drug-likeness (QED) is 0.358. The van der Waals surface area contributed by atoms with E-state index < -0.39 is 11.6 Å². The van der Waals surface area contributed by atoms with Crippen LogP contribution in [0.1, 0.15) is 69.1 Å².